The van der Waals surface area contributed by atoms with Crippen LogP contribution in [-0.2, 0) is 11.3 Å². The van der Waals surface area contributed by atoms with Gasteiger partial charge in [0.15, 0.2) is 0 Å². The van der Waals surface area contributed by atoms with Gasteiger partial charge in [-0.05, 0) is 24.5 Å². The number of carbonyl (C=O) groups is 1. The molecule has 128 valence electrons. The highest BCUT2D eigenvalue weighted by Gasteiger charge is 2.14. The Morgan fingerprint density at radius 1 is 1.30 bits per heavy atom. The van der Waals surface area contributed by atoms with Crippen molar-refractivity contribution in [2.45, 2.75) is 26.8 Å². The molecule has 2 heterocycles. The average Bonchev–Trinajstić information content (AvgIpc) is 2.54. The van der Waals surface area contributed by atoms with Crippen LogP contribution in [0.1, 0.15) is 30.6 Å². The summed E-state index contributed by atoms with van der Waals surface area (Å²) in [5, 5.41) is 2.82. The van der Waals surface area contributed by atoms with E-state index in [1.807, 2.05) is 0 Å². The second-order valence-electron chi connectivity index (χ2n) is 6.31. The maximum absolute atomic E-state index is 12.4. The zero-order chi connectivity index (χ0) is 16.7. The maximum Gasteiger partial charge on any atom is 0.263 e. The van der Waals surface area contributed by atoms with Crippen molar-refractivity contribution in [2.75, 3.05) is 39.4 Å². The molecule has 0 unspecified atom stereocenters. The number of nitrogens with zero attached hydrogens (tertiary/aromatic N) is 2. The highest BCUT2D eigenvalue weighted by molar-refractivity contribution is 5.93. The molecule has 0 aliphatic carbocycles. The smallest absolute Gasteiger partial charge is 0.263 e. The monoisotopic (exact) mass is 321 g/mol. The molecule has 23 heavy (non-hydrogen) atoms. The van der Waals surface area contributed by atoms with Gasteiger partial charge in [0.25, 0.3) is 11.5 Å². The molecule has 0 radical (unpaired) electrons. The first kappa shape index (κ1) is 17.7. The standard InChI is InChI=1S/C17H27N3O3/c1-14(2)5-6-18-16(21)15-4-3-7-20(17(15)22)9-8-19-10-12-23-13-11-19/h3-4,7,14H,5-6,8-13H2,1-2H3,(H,18,21). The fourth-order valence-electron chi connectivity index (χ4n) is 2.53. The van der Waals surface area contributed by atoms with Gasteiger partial charge in [-0.3, -0.25) is 14.5 Å². The van der Waals surface area contributed by atoms with Gasteiger partial charge in [0.2, 0.25) is 0 Å². The number of hydrogen-bond donors (Lipinski definition) is 1. The second-order valence-corrected chi connectivity index (χ2v) is 6.31. The SMILES string of the molecule is CC(C)CCNC(=O)c1cccn(CCN2CCOCC2)c1=O. The van der Waals surface area contributed by atoms with Crippen molar-refractivity contribution in [3.8, 4) is 0 Å². The van der Waals surface area contributed by atoms with Crippen LogP contribution in [0, 0.1) is 5.92 Å². The summed E-state index contributed by atoms with van der Waals surface area (Å²) in [6.07, 6.45) is 2.65. The first-order valence-electron chi connectivity index (χ1n) is 8.35. The summed E-state index contributed by atoms with van der Waals surface area (Å²) in [6.45, 7) is 9.46. The highest BCUT2D eigenvalue weighted by atomic mass is 16.5. The minimum atomic E-state index is -0.281. The first-order chi connectivity index (χ1) is 11.1. The number of carbonyl (C=O) groups excluding carboxylic acids is 1. The summed E-state index contributed by atoms with van der Waals surface area (Å²) in [5.41, 5.74) is 0.000963. The van der Waals surface area contributed by atoms with Gasteiger partial charge in [0, 0.05) is 38.9 Å². The normalized spacial score (nSPS) is 15.8. The van der Waals surface area contributed by atoms with Gasteiger partial charge >= 0.3 is 0 Å². The lowest BCUT2D eigenvalue weighted by molar-refractivity contribution is 0.0363. The quantitative estimate of drug-likeness (QED) is 0.812. The van der Waals surface area contributed by atoms with E-state index in [1.165, 1.54) is 0 Å². The van der Waals surface area contributed by atoms with E-state index in [-0.39, 0.29) is 17.0 Å². The van der Waals surface area contributed by atoms with Crippen molar-refractivity contribution in [1.82, 2.24) is 14.8 Å². The molecular weight excluding hydrogens is 294 g/mol. The summed E-state index contributed by atoms with van der Waals surface area (Å²) in [4.78, 5) is 26.9. The Balaban J connectivity index is 1.94. The van der Waals surface area contributed by atoms with Crippen molar-refractivity contribution in [2.24, 2.45) is 5.92 Å². The Morgan fingerprint density at radius 2 is 2.04 bits per heavy atom. The van der Waals surface area contributed by atoms with Crippen LogP contribution in [-0.4, -0.2) is 54.8 Å². The van der Waals surface area contributed by atoms with Crippen LogP contribution < -0.4 is 10.9 Å². The van der Waals surface area contributed by atoms with Crippen molar-refractivity contribution in [1.29, 1.82) is 0 Å². The lowest BCUT2D eigenvalue weighted by Crippen LogP contribution is -2.40. The first-order valence-corrected chi connectivity index (χ1v) is 8.35. The number of ether oxygens (including phenoxy) is 1. The van der Waals surface area contributed by atoms with Crippen molar-refractivity contribution in [3.63, 3.8) is 0 Å². The molecule has 6 nitrogen and oxygen atoms in total. The van der Waals surface area contributed by atoms with Crippen LogP contribution >= 0.6 is 0 Å². The molecular formula is C17H27N3O3. The zero-order valence-corrected chi connectivity index (χ0v) is 14.1. The Morgan fingerprint density at radius 3 is 2.74 bits per heavy atom. The Bertz CT molecular complexity index is 562. The van der Waals surface area contributed by atoms with E-state index in [0.29, 0.717) is 19.0 Å². The fourth-order valence-corrected chi connectivity index (χ4v) is 2.53. The molecule has 0 saturated carbocycles. The molecule has 6 heteroatoms. The van der Waals surface area contributed by atoms with Crippen molar-refractivity contribution in [3.05, 3.63) is 34.2 Å². The lowest BCUT2D eigenvalue weighted by atomic mass is 10.1. The third-order valence-electron chi connectivity index (χ3n) is 4.03. The molecule has 0 atom stereocenters. The summed E-state index contributed by atoms with van der Waals surface area (Å²) >= 11 is 0. The zero-order valence-electron chi connectivity index (χ0n) is 14.1. The van der Waals surface area contributed by atoms with Crippen molar-refractivity contribution < 1.29 is 9.53 Å². The third kappa shape index (κ3) is 5.48. The molecule has 1 amide bonds. The molecule has 0 spiro atoms. The lowest BCUT2D eigenvalue weighted by Gasteiger charge is -2.26. The molecule has 2 rings (SSSR count). The summed E-state index contributed by atoms with van der Waals surface area (Å²) < 4.78 is 6.94. The molecule has 1 aliphatic heterocycles. The van der Waals surface area contributed by atoms with Crippen LogP contribution in [0.25, 0.3) is 0 Å². The Hall–Kier alpha value is -1.66. The van der Waals surface area contributed by atoms with E-state index in [9.17, 15) is 9.59 Å². The molecule has 1 fully saturated rings. The molecule has 1 aliphatic rings. The highest BCUT2D eigenvalue weighted by Crippen LogP contribution is 1.99. The number of amides is 1. The molecule has 0 bridgehead atoms. The molecule has 1 saturated heterocycles. The van der Waals surface area contributed by atoms with Crippen LogP contribution in [0.2, 0.25) is 0 Å². The predicted molar refractivity (Wildman–Crippen MR) is 89.7 cm³/mol. The van der Waals surface area contributed by atoms with Gasteiger partial charge in [-0.25, -0.2) is 0 Å². The largest absolute Gasteiger partial charge is 0.379 e. The topological polar surface area (TPSA) is 63.6 Å². The van der Waals surface area contributed by atoms with E-state index < -0.39 is 0 Å². The Kier molecular flexibility index (Phi) is 6.80. The van der Waals surface area contributed by atoms with Gasteiger partial charge < -0.3 is 14.6 Å². The summed E-state index contributed by atoms with van der Waals surface area (Å²) in [7, 11) is 0. The number of morpholine rings is 1. The Labute approximate surface area is 137 Å². The van der Waals surface area contributed by atoms with E-state index in [2.05, 4.69) is 24.1 Å². The van der Waals surface area contributed by atoms with E-state index in [0.717, 1.165) is 39.3 Å². The van der Waals surface area contributed by atoms with Gasteiger partial charge in [-0.1, -0.05) is 13.8 Å². The van der Waals surface area contributed by atoms with Gasteiger partial charge in [0.1, 0.15) is 5.56 Å². The van der Waals surface area contributed by atoms with E-state index >= 15 is 0 Å². The summed E-state index contributed by atoms with van der Waals surface area (Å²) in [6, 6.07) is 3.36. The van der Waals surface area contributed by atoms with Gasteiger partial charge in [-0.2, -0.15) is 0 Å². The minimum absolute atomic E-state index is 0.220. The van der Waals surface area contributed by atoms with Crippen LogP contribution in [0.5, 0.6) is 0 Å². The van der Waals surface area contributed by atoms with Crippen molar-refractivity contribution >= 4 is 5.91 Å². The number of pyridine rings is 1. The average molecular weight is 321 g/mol. The molecule has 0 aromatic carbocycles. The second kappa shape index (κ2) is 8.84. The van der Waals surface area contributed by atoms with Crippen LogP contribution in [0.3, 0.4) is 0 Å². The number of aromatic nitrogens is 1. The fraction of sp³-hybridized carbons (Fsp3) is 0.647. The maximum atomic E-state index is 12.4. The predicted octanol–water partition coefficient (Wildman–Crippen LogP) is 0.956. The van der Waals surface area contributed by atoms with E-state index in [4.69, 9.17) is 4.74 Å². The minimum Gasteiger partial charge on any atom is -0.379 e. The third-order valence-corrected chi connectivity index (χ3v) is 4.03. The summed E-state index contributed by atoms with van der Waals surface area (Å²) in [5.74, 6) is 0.243. The number of nitrogens with one attached hydrogen (secondary N) is 1. The number of hydrogen-bond acceptors (Lipinski definition) is 4. The van der Waals surface area contributed by atoms with Crippen LogP contribution in [0.4, 0.5) is 0 Å². The molecule has 1 N–H and O–H groups in total. The molecule has 1 aromatic rings. The molecule has 1 aromatic heterocycles. The van der Waals surface area contributed by atoms with E-state index in [1.54, 1.807) is 22.9 Å². The van der Waals surface area contributed by atoms with Crippen LogP contribution in [0.15, 0.2) is 23.1 Å². The number of rotatable bonds is 7. The van der Waals surface area contributed by atoms with Gasteiger partial charge in [-0.15, -0.1) is 0 Å². The van der Waals surface area contributed by atoms with Gasteiger partial charge in [0.05, 0.1) is 13.2 Å².